The molecule has 0 aliphatic rings. The second-order valence-electron chi connectivity index (χ2n) is 8.42. The summed E-state index contributed by atoms with van der Waals surface area (Å²) in [7, 11) is 0. The largest absolute Gasteiger partial charge is 0.311 e. The van der Waals surface area contributed by atoms with Crippen LogP contribution in [0.5, 0.6) is 0 Å². The van der Waals surface area contributed by atoms with E-state index in [0.717, 1.165) is 17.1 Å². The van der Waals surface area contributed by atoms with Gasteiger partial charge in [-0.25, -0.2) is 0 Å². The van der Waals surface area contributed by atoms with E-state index in [1.165, 1.54) is 27.8 Å². The van der Waals surface area contributed by atoms with E-state index in [-0.39, 0.29) is 0 Å². The standard InChI is InChI=1S/C33H27N/c1-26-12-20-31(21-13-26)34(33-24-18-30(19-25-33)29-10-6-3-7-11-29)32-22-16-28(17-23-32)15-14-27-8-4-2-5-9-27/h2-25H,1H3. The van der Waals surface area contributed by atoms with Crippen LogP contribution in [0.25, 0.3) is 23.3 Å². The number of nitrogens with zero attached hydrogens (tertiary/aromatic N) is 1. The van der Waals surface area contributed by atoms with Gasteiger partial charge in [0.1, 0.15) is 0 Å². The van der Waals surface area contributed by atoms with E-state index in [2.05, 4.69) is 151 Å². The molecule has 34 heavy (non-hydrogen) atoms. The predicted octanol–water partition coefficient (Wildman–Crippen LogP) is 9.30. The zero-order valence-corrected chi connectivity index (χ0v) is 19.3. The van der Waals surface area contributed by atoms with Crippen molar-refractivity contribution in [3.8, 4) is 11.1 Å². The van der Waals surface area contributed by atoms with Crippen molar-refractivity contribution in [3.63, 3.8) is 0 Å². The molecule has 5 aromatic carbocycles. The van der Waals surface area contributed by atoms with Gasteiger partial charge in [-0.05, 0) is 65.6 Å². The van der Waals surface area contributed by atoms with Crippen molar-refractivity contribution in [3.05, 3.63) is 150 Å². The molecule has 0 aliphatic carbocycles. The van der Waals surface area contributed by atoms with Gasteiger partial charge in [-0.2, -0.15) is 0 Å². The number of hydrogen-bond acceptors (Lipinski definition) is 1. The molecule has 1 nitrogen and oxygen atoms in total. The second kappa shape index (κ2) is 10.1. The maximum Gasteiger partial charge on any atom is 0.0462 e. The van der Waals surface area contributed by atoms with Crippen LogP contribution in [0.1, 0.15) is 16.7 Å². The van der Waals surface area contributed by atoms with Crippen LogP contribution in [0.15, 0.2) is 133 Å². The highest BCUT2D eigenvalue weighted by molar-refractivity contribution is 5.79. The highest BCUT2D eigenvalue weighted by atomic mass is 15.1. The molecule has 0 fully saturated rings. The Morgan fingerprint density at radius 3 is 1.38 bits per heavy atom. The molecular formula is C33H27N. The molecule has 0 N–H and O–H groups in total. The Morgan fingerprint density at radius 2 is 0.824 bits per heavy atom. The van der Waals surface area contributed by atoms with Crippen molar-refractivity contribution in [2.75, 3.05) is 4.90 Å². The molecule has 0 unspecified atom stereocenters. The van der Waals surface area contributed by atoms with Crippen LogP contribution in [0.3, 0.4) is 0 Å². The molecule has 0 radical (unpaired) electrons. The highest BCUT2D eigenvalue weighted by Gasteiger charge is 2.12. The first-order valence-electron chi connectivity index (χ1n) is 11.6. The SMILES string of the molecule is Cc1ccc(N(c2ccc(C=Cc3ccccc3)cc2)c2ccc(-c3ccccc3)cc2)cc1. The van der Waals surface area contributed by atoms with Gasteiger partial charge < -0.3 is 4.90 Å². The smallest absolute Gasteiger partial charge is 0.0462 e. The van der Waals surface area contributed by atoms with Crippen LogP contribution in [0.2, 0.25) is 0 Å². The maximum absolute atomic E-state index is 2.30. The molecule has 0 saturated carbocycles. The molecule has 0 bridgehead atoms. The Hall–Kier alpha value is -4.36. The van der Waals surface area contributed by atoms with Crippen LogP contribution < -0.4 is 4.90 Å². The summed E-state index contributed by atoms with van der Waals surface area (Å²) in [4.78, 5) is 2.30. The Labute approximate surface area is 202 Å². The monoisotopic (exact) mass is 437 g/mol. The van der Waals surface area contributed by atoms with Crippen LogP contribution >= 0.6 is 0 Å². The third kappa shape index (κ3) is 5.00. The van der Waals surface area contributed by atoms with Crippen molar-refractivity contribution in [1.82, 2.24) is 0 Å². The number of hydrogen-bond donors (Lipinski definition) is 0. The third-order valence-electron chi connectivity index (χ3n) is 5.94. The lowest BCUT2D eigenvalue weighted by atomic mass is 10.0. The van der Waals surface area contributed by atoms with Crippen molar-refractivity contribution >= 4 is 29.2 Å². The van der Waals surface area contributed by atoms with E-state index in [1.54, 1.807) is 0 Å². The Kier molecular flexibility index (Phi) is 6.36. The van der Waals surface area contributed by atoms with Crippen molar-refractivity contribution < 1.29 is 0 Å². The Morgan fingerprint density at radius 1 is 0.412 bits per heavy atom. The molecule has 0 saturated heterocycles. The van der Waals surface area contributed by atoms with E-state index >= 15 is 0 Å². The molecule has 5 aromatic rings. The predicted molar refractivity (Wildman–Crippen MR) is 147 cm³/mol. The normalized spacial score (nSPS) is 11.0. The Bertz CT molecular complexity index is 1350. The summed E-state index contributed by atoms with van der Waals surface area (Å²) in [6.45, 7) is 2.12. The summed E-state index contributed by atoms with van der Waals surface area (Å²) in [5.74, 6) is 0. The highest BCUT2D eigenvalue weighted by Crippen LogP contribution is 2.36. The van der Waals surface area contributed by atoms with Gasteiger partial charge in [0.15, 0.2) is 0 Å². The third-order valence-corrected chi connectivity index (χ3v) is 5.94. The lowest BCUT2D eigenvalue weighted by Gasteiger charge is -2.26. The van der Waals surface area contributed by atoms with E-state index in [0.29, 0.717) is 0 Å². The van der Waals surface area contributed by atoms with Gasteiger partial charge in [-0.1, -0.05) is 115 Å². The molecule has 0 aliphatic heterocycles. The molecule has 0 heterocycles. The molecule has 0 atom stereocenters. The molecule has 164 valence electrons. The minimum absolute atomic E-state index is 1.13. The van der Waals surface area contributed by atoms with E-state index in [9.17, 15) is 0 Å². The fourth-order valence-electron chi connectivity index (χ4n) is 4.07. The number of rotatable bonds is 6. The first kappa shape index (κ1) is 21.5. The molecule has 5 rings (SSSR count). The van der Waals surface area contributed by atoms with Gasteiger partial charge in [0.05, 0.1) is 0 Å². The van der Waals surface area contributed by atoms with Gasteiger partial charge in [-0.15, -0.1) is 0 Å². The minimum atomic E-state index is 1.13. The van der Waals surface area contributed by atoms with Crippen LogP contribution in [0, 0.1) is 6.92 Å². The average molecular weight is 438 g/mol. The van der Waals surface area contributed by atoms with Crippen molar-refractivity contribution in [2.45, 2.75) is 6.92 Å². The van der Waals surface area contributed by atoms with Gasteiger partial charge >= 0.3 is 0 Å². The van der Waals surface area contributed by atoms with Gasteiger partial charge in [0.25, 0.3) is 0 Å². The average Bonchev–Trinajstić information content (AvgIpc) is 2.91. The van der Waals surface area contributed by atoms with Crippen molar-refractivity contribution in [2.24, 2.45) is 0 Å². The second-order valence-corrected chi connectivity index (χ2v) is 8.42. The van der Waals surface area contributed by atoms with Crippen LogP contribution in [0.4, 0.5) is 17.1 Å². The minimum Gasteiger partial charge on any atom is -0.311 e. The van der Waals surface area contributed by atoms with E-state index in [4.69, 9.17) is 0 Å². The summed E-state index contributed by atoms with van der Waals surface area (Å²) in [6.07, 6.45) is 4.30. The molecular weight excluding hydrogens is 410 g/mol. The van der Waals surface area contributed by atoms with E-state index in [1.807, 2.05) is 6.07 Å². The summed E-state index contributed by atoms with van der Waals surface area (Å²) in [5, 5.41) is 0. The van der Waals surface area contributed by atoms with Gasteiger partial charge in [-0.3, -0.25) is 0 Å². The first-order chi connectivity index (χ1) is 16.8. The fourth-order valence-corrected chi connectivity index (χ4v) is 4.07. The molecule has 0 spiro atoms. The molecule has 1 heteroatoms. The lowest BCUT2D eigenvalue weighted by molar-refractivity contribution is 1.27. The van der Waals surface area contributed by atoms with Gasteiger partial charge in [0, 0.05) is 17.1 Å². The van der Waals surface area contributed by atoms with Crippen LogP contribution in [-0.4, -0.2) is 0 Å². The number of benzene rings is 5. The summed E-state index contributed by atoms with van der Waals surface area (Å²) < 4.78 is 0. The zero-order chi connectivity index (χ0) is 23.2. The number of aryl methyl sites for hydroxylation is 1. The first-order valence-corrected chi connectivity index (χ1v) is 11.6. The Balaban J connectivity index is 1.47. The lowest BCUT2D eigenvalue weighted by Crippen LogP contribution is -2.09. The molecule has 0 amide bonds. The zero-order valence-electron chi connectivity index (χ0n) is 19.3. The van der Waals surface area contributed by atoms with E-state index < -0.39 is 0 Å². The van der Waals surface area contributed by atoms with Crippen LogP contribution in [-0.2, 0) is 0 Å². The summed E-state index contributed by atoms with van der Waals surface area (Å²) in [5.41, 5.74) is 9.49. The fraction of sp³-hybridized carbons (Fsp3) is 0.0303. The topological polar surface area (TPSA) is 3.24 Å². The van der Waals surface area contributed by atoms with Gasteiger partial charge in [0.2, 0.25) is 0 Å². The summed E-state index contributed by atoms with van der Waals surface area (Å²) >= 11 is 0. The quantitative estimate of drug-likeness (QED) is 0.239. The maximum atomic E-state index is 2.30. The molecule has 0 aromatic heterocycles. The summed E-state index contributed by atoms with van der Waals surface area (Å²) in [6, 6.07) is 47.1. The van der Waals surface area contributed by atoms with Crippen molar-refractivity contribution in [1.29, 1.82) is 0 Å². The number of anilines is 3.